The maximum Gasteiger partial charge on any atom is 0.337 e. The molecule has 0 aliphatic heterocycles. The third-order valence-corrected chi connectivity index (χ3v) is 3.33. The smallest absolute Gasteiger partial charge is 0.337 e. The first-order chi connectivity index (χ1) is 9.81. The van der Waals surface area contributed by atoms with Gasteiger partial charge in [-0.2, -0.15) is 0 Å². The van der Waals surface area contributed by atoms with Gasteiger partial charge in [-0.25, -0.2) is 4.79 Å². The molecule has 0 saturated carbocycles. The zero-order valence-electron chi connectivity index (χ0n) is 12.6. The highest BCUT2D eigenvalue weighted by molar-refractivity contribution is 5.80. The average Bonchev–Trinajstić information content (AvgIpc) is 2.43. The molecule has 1 unspecified atom stereocenters. The van der Waals surface area contributed by atoms with Crippen LogP contribution in [0.4, 0.5) is 0 Å². The van der Waals surface area contributed by atoms with Crippen molar-refractivity contribution in [3.8, 4) is 0 Å². The highest BCUT2D eigenvalue weighted by Crippen LogP contribution is 2.08. The number of aryl methyl sites for hydroxylation is 2. The number of rotatable bonds is 8. The summed E-state index contributed by atoms with van der Waals surface area (Å²) in [5, 5.41) is 20.6. The Hall–Kier alpha value is -1.88. The summed E-state index contributed by atoms with van der Waals surface area (Å²) >= 11 is 0. The normalized spacial score (nSPS) is 13.5. The van der Waals surface area contributed by atoms with Gasteiger partial charge in [0.1, 0.15) is 0 Å². The predicted octanol–water partition coefficient (Wildman–Crippen LogP) is 1.66. The van der Waals surface area contributed by atoms with Gasteiger partial charge < -0.3 is 15.5 Å². The van der Waals surface area contributed by atoms with Crippen molar-refractivity contribution in [2.45, 2.75) is 45.1 Å². The summed E-state index contributed by atoms with van der Waals surface area (Å²) in [5.41, 5.74) is 0.552. The van der Waals surface area contributed by atoms with Crippen LogP contribution >= 0.6 is 0 Å². The second kappa shape index (κ2) is 7.78. The molecule has 0 radical (unpaired) electrons. The number of hydrogen-bond acceptors (Lipinski definition) is 3. The Bertz CT molecular complexity index is 480. The lowest BCUT2D eigenvalue weighted by atomic mass is 10.1. The van der Waals surface area contributed by atoms with Crippen molar-refractivity contribution in [2.24, 2.45) is 0 Å². The molecular weight excluding hydrogens is 270 g/mol. The van der Waals surface area contributed by atoms with Crippen LogP contribution in [0.2, 0.25) is 0 Å². The Kier molecular flexibility index (Phi) is 6.37. The number of carbonyl (C=O) groups excluding carboxylic acids is 1. The Balaban J connectivity index is 2.19. The van der Waals surface area contributed by atoms with E-state index in [0.29, 0.717) is 6.42 Å². The van der Waals surface area contributed by atoms with Gasteiger partial charge in [0, 0.05) is 6.42 Å². The van der Waals surface area contributed by atoms with Crippen LogP contribution in [0.15, 0.2) is 24.3 Å². The maximum absolute atomic E-state index is 11.6. The number of carbonyl (C=O) groups is 2. The van der Waals surface area contributed by atoms with Crippen LogP contribution in [-0.4, -0.2) is 34.2 Å². The number of aliphatic hydroxyl groups is 1. The number of benzene rings is 1. The van der Waals surface area contributed by atoms with Crippen LogP contribution < -0.4 is 5.32 Å². The van der Waals surface area contributed by atoms with E-state index in [1.54, 1.807) is 0 Å². The molecule has 0 spiro atoms. The number of hydrogen-bond donors (Lipinski definition) is 3. The molecule has 5 heteroatoms. The van der Waals surface area contributed by atoms with Crippen molar-refractivity contribution in [1.29, 1.82) is 0 Å². The number of amides is 1. The summed E-state index contributed by atoms with van der Waals surface area (Å²) in [6, 6.07) is 8.30. The number of aliphatic carboxylic acids is 1. The summed E-state index contributed by atoms with van der Waals surface area (Å²) < 4.78 is 0. The molecule has 3 N–H and O–H groups in total. The van der Waals surface area contributed by atoms with Gasteiger partial charge in [-0.05, 0) is 38.7 Å². The maximum atomic E-state index is 11.6. The standard InChI is InChI=1S/C16H23NO4/c1-12-7-9-13(10-8-12)5-3-4-6-14(18)17-11-16(2,21)15(19)20/h7-10,21H,3-6,11H2,1-2H3,(H,17,18)(H,19,20). The van der Waals surface area contributed by atoms with Gasteiger partial charge in [-0.15, -0.1) is 0 Å². The Morgan fingerprint density at radius 3 is 2.38 bits per heavy atom. The topological polar surface area (TPSA) is 86.6 Å². The molecule has 0 fully saturated rings. The Morgan fingerprint density at radius 2 is 1.81 bits per heavy atom. The van der Waals surface area contributed by atoms with Crippen LogP contribution in [0.3, 0.4) is 0 Å². The van der Waals surface area contributed by atoms with Crippen LogP contribution in [0, 0.1) is 6.92 Å². The largest absolute Gasteiger partial charge is 0.479 e. The van der Waals surface area contributed by atoms with E-state index in [-0.39, 0.29) is 12.5 Å². The van der Waals surface area contributed by atoms with Crippen molar-refractivity contribution in [2.75, 3.05) is 6.54 Å². The second-order valence-electron chi connectivity index (χ2n) is 5.55. The van der Waals surface area contributed by atoms with Crippen molar-refractivity contribution >= 4 is 11.9 Å². The highest BCUT2D eigenvalue weighted by atomic mass is 16.4. The van der Waals surface area contributed by atoms with Gasteiger partial charge in [0.15, 0.2) is 5.60 Å². The van der Waals surface area contributed by atoms with Crippen LogP contribution in [0.1, 0.15) is 37.3 Å². The number of carboxylic acid groups (broad SMARTS) is 1. The summed E-state index contributed by atoms with van der Waals surface area (Å²) in [6.07, 6.45) is 2.88. The molecule has 1 aromatic rings. The van der Waals surface area contributed by atoms with Crippen LogP contribution in [0.5, 0.6) is 0 Å². The second-order valence-corrected chi connectivity index (χ2v) is 5.55. The van der Waals surface area contributed by atoms with E-state index >= 15 is 0 Å². The zero-order valence-corrected chi connectivity index (χ0v) is 12.6. The molecule has 1 aromatic carbocycles. The highest BCUT2D eigenvalue weighted by Gasteiger charge is 2.29. The van der Waals surface area contributed by atoms with Gasteiger partial charge in [0.25, 0.3) is 0 Å². The van der Waals surface area contributed by atoms with Crippen molar-refractivity contribution in [3.63, 3.8) is 0 Å². The van der Waals surface area contributed by atoms with Gasteiger partial charge in [-0.3, -0.25) is 4.79 Å². The lowest BCUT2D eigenvalue weighted by Crippen LogP contribution is -2.46. The minimum absolute atomic E-state index is 0.236. The number of carboxylic acids is 1. The van der Waals surface area contributed by atoms with E-state index in [0.717, 1.165) is 26.2 Å². The molecule has 0 aliphatic rings. The fraction of sp³-hybridized carbons (Fsp3) is 0.500. The average molecular weight is 293 g/mol. The monoisotopic (exact) mass is 293 g/mol. The Morgan fingerprint density at radius 1 is 1.19 bits per heavy atom. The molecule has 21 heavy (non-hydrogen) atoms. The van der Waals surface area contributed by atoms with Gasteiger partial charge in [-0.1, -0.05) is 29.8 Å². The fourth-order valence-electron chi connectivity index (χ4n) is 1.80. The summed E-state index contributed by atoms with van der Waals surface area (Å²) in [6.45, 7) is 2.92. The third kappa shape index (κ3) is 6.40. The van der Waals surface area contributed by atoms with Crippen LogP contribution in [-0.2, 0) is 16.0 Å². The predicted molar refractivity (Wildman–Crippen MR) is 80.0 cm³/mol. The van der Waals surface area contributed by atoms with Gasteiger partial charge in [0.2, 0.25) is 5.91 Å². The van der Waals surface area contributed by atoms with E-state index in [1.165, 1.54) is 11.1 Å². The lowest BCUT2D eigenvalue weighted by Gasteiger charge is -2.18. The summed E-state index contributed by atoms with van der Waals surface area (Å²) in [4.78, 5) is 22.2. The first kappa shape index (κ1) is 17.2. The molecule has 1 rings (SSSR count). The van der Waals surface area contributed by atoms with Gasteiger partial charge in [0.05, 0.1) is 6.54 Å². The summed E-state index contributed by atoms with van der Waals surface area (Å²) in [5.74, 6) is -1.58. The molecule has 0 aliphatic carbocycles. The number of nitrogens with one attached hydrogen (secondary N) is 1. The molecule has 5 nitrogen and oxygen atoms in total. The van der Waals surface area contributed by atoms with Crippen molar-refractivity contribution in [3.05, 3.63) is 35.4 Å². The molecule has 1 atom stereocenters. The number of unbranched alkanes of at least 4 members (excludes halogenated alkanes) is 1. The molecule has 0 heterocycles. The fourth-order valence-corrected chi connectivity index (χ4v) is 1.80. The van der Waals surface area contributed by atoms with Crippen molar-refractivity contribution < 1.29 is 19.8 Å². The molecular formula is C16H23NO4. The first-order valence-electron chi connectivity index (χ1n) is 7.09. The molecule has 0 bridgehead atoms. The quantitative estimate of drug-likeness (QED) is 0.636. The summed E-state index contributed by atoms with van der Waals surface area (Å²) in [7, 11) is 0. The SMILES string of the molecule is Cc1ccc(CCCCC(=O)NCC(C)(O)C(=O)O)cc1. The minimum Gasteiger partial charge on any atom is -0.479 e. The molecule has 1 amide bonds. The van der Waals surface area contributed by atoms with E-state index in [2.05, 4.69) is 29.6 Å². The first-order valence-corrected chi connectivity index (χ1v) is 7.09. The van der Waals surface area contributed by atoms with Gasteiger partial charge >= 0.3 is 5.97 Å². The van der Waals surface area contributed by atoms with E-state index in [4.69, 9.17) is 5.11 Å². The van der Waals surface area contributed by atoms with E-state index < -0.39 is 11.6 Å². The Labute approximate surface area is 125 Å². The third-order valence-electron chi connectivity index (χ3n) is 3.33. The molecule has 116 valence electrons. The van der Waals surface area contributed by atoms with E-state index in [9.17, 15) is 14.7 Å². The van der Waals surface area contributed by atoms with E-state index in [1.807, 2.05) is 6.92 Å². The minimum atomic E-state index is -1.92. The molecule has 0 saturated heterocycles. The van der Waals surface area contributed by atoms with Crippen molar-refractivity contribution in [1.82, 2.24) is 5.32 Å². The van der Waals surface area contributed by atoms with Crippen LogP contribution in [0.25, 0.3) is 0 Å². The molecule has 0 aromatic heterocycles. The lowest BCUT2D eigenvalue weighted by molar-refractivity contribution is -0.156. The zero-order chi connectivity index (χ0) is 15.9.